The Morgan fingerprint density at radius 2 is 2.00 bits per heavy atom. The van der Waals surface area contributed by atoms with Crippen LogP contribution in [0, 0.1) is 0 Å². The molecule has 0 aliphatic carbocycles. The molecule has 0 saturated carbocycles. The van der Waals surface area contributed by atoms with Gasteiger partial charge in [-0.15, -0.1) is 0 Å². The van der Waals surface area contributed by atoms with Gasteiger partial charge in [-0.3, -0.25) is 4.79 Å². The number of aliphatic hydroxyl groups is 1. The molecule has 1 heterocycles. The SMILES string of the molecule is CC1(O)CN(C(=O)c2ccc(CN)cc2)C1. The molecule has 0 bridgehead atoms. The molecule has 1 aliphatic heterocycles. The molecule has 3 N–H and O–H groups in total. The molecule has 4 nitrogen and oxygen atoms in total. The van der Waals surface area contributed by atoms with E-state index in [1.807, 2.05) is 12.1 Å². The lowest BCUT2D eigenvalue weighted by atomic mass is 9.96. The van der Waals surface area contributed by atoms with Gasteiger partial charge >= 0.3 is 0 Å². The van der Waals surface area contributed by atoms with Crippen molar-refractivity contribution in [1.29, 1.82) is 0 Å². The zero-order chi connectivity index (χ0) is 11.8. The molecule has 0 atom stereocenters. The fraction of sp³-hybridized carbons (Fsp3) is 0.417. The van der Waals surface area contributed by atoms with E-state index in [1.54, 1.807) is 24.0 Å². The Balaban J connectivity index is 2.05. The summed E-state index contributed by atoms with van der Waals surface area (Å²) in [6.07, 6.45) is 0. The number of hydrogen-bond donors (Lipinski definition) is 2. The van der Waals surface area contributed by atoms with Crippen LogP contribution in [0.4, 0.5) is 0 Å². The first-order valence-corrected chi connectivity index (χ1v) is 5.32. The van der Waals surface area contributed by atoms with Gasteiger partial charge < -0.3 is 15.7 Å². The molecule has 1 amide bonds. The van der Waals surface area contributed by atoms with Crippen LogP contribution in [-0.4, -0.2) is 34.6 Å². The molecule has 16 heavy (non-hydrogen) atoms. The van der Waals surface area contributed by atoms with Crippen LogP contribution in [0.1, 0.15) is 22.8 Å². The molecule has 0 radical (unpaired) electrons. The second kappa shape index (κ2) is 3.88. The van der Waals surface area contributed by atoms with E-state index in [0.717, 1.165) is 5.56 Å². The van der Waals surface area contributed by atoms with E-state index in [2.05, 4.69) is 0 Å². The number of β-amino-alcohol motifs (C(OH)–C–C–N with tert-alkyl or cyclic N) is 1. The van der Waals surface area contributed by atoms with Gasteiger partial charge in [0.1, 0.15) is 0 Å². The lowest BCUT2D eigenvalue weighted by molar-refractivity contribution is -0.0668. The highest BCUT2D eigenvalue weighted by Gasteiger charge is 2.39. The third kappa shape index (κ3) is 2.08. The monoisotopic (exact) mass is 220 g/mol. The maximum Gasteiger partial charge on any atom is 0.254 e. The average molecular weight is 220 g/mol. The number of nitrogens with zero attached hydrogens (tertiary/aromatic N) is 1. The number of carbonyl (C=O) groups is 1. The molecule has 4 heteroatoms. The summed E-state index contributed by atoms with van der Waals surface area (Å²) in [6, 6.07) is 7.26. The summed E-state index contributed by atoms with van der Waals surface area (Å²) >= 11 is 0. The first kappa shape index (κ1) is 11.1. The Kier molecular flexibility index (Phi) is 2.69. The highest BCUT2D eigenvalue weighted by Crippen LogP contribution is 2.22. The Labute approximate surface area is 94.7 Å². The van der Waals surface area contributed by atoms with Crippen molar-refractivity contribution in [3.05, 3.63) is 35.4 Å². The summed E-state index contributed by atoms with van der Waals surface area (Å²) < 4.78 is 0. The Morgan fingerprint density at radius 3 is 2.44 bits per heavy atom. The quantitative estimate of drug-likeness (QED) is 0.756. The van der Waals surface area contributed by atoms with Gasteiger partial charge in [0.25, 0.3) is 5.91 Å². The number of likely N-dealkylation sites (tertiary alicyclic amines) is 1. The van der Waals surface area contributed by atoms with Crippen LogP contribution in [0.3, 0.4) is 0 Å². The summed E-state index contributed by atoms with van der Waals surface area (Å²) in [5.41, 5.74) is 6.42. The summed E-state index contributed by atoms with van der Waals surface area (Å²) in [5, 5.41) is 9.55. The van der Waals surface area contributed by atoms with Gasteiger partial charge in [0.15, 0.2) is 0 Å². The molecule has 1 aromatic carbocycles. The molecule has 1 aromatic rings. The molecule has 0 unspecified atom stereocenters. The first-order chi connectivity index (χ1) is 7.52. The van der Waals surface area contributed by atoms with Gasteiger partial charge in [0, 0.05) is 12.1 Å². The largest absolute Gasteiger partial charge is 0.386 e. The zero-order valence-electron chi connectivity index (χ0n) is 9.31. The number of rotatable bonds is 2. The fourth-order valence-corrected chi connectivity index (χ4v) is 1.89. The Bertz CT molecular complexity index is 390. The van der Waals surface area contributed by atoms with Crippen molar-refractivity contribution in [2.75, 3.05) is 13.1 Å². The van der Waals surface area contributed by atoms with Crippen molar-refractivity contribution in [2.24, 2.45) is 5.73 Å². The minimum atomic E-state index is -0.715. The lowest BCUT2D eigenvalue weighted by Gasteiger charge is -2.44. The van der Waals surface area contributed by atoms with Crippen LogP contribution >= 0.6 is 0 Å². The Hall–Kier alpha value is -1.39. The van der Waals surface area contributed by atoms with Crippen molar-refractivity contribution < 1.29 is 9.90 Å². The molecule has 0 spiro atoms. The number of carbonyl (C=O) groups excluding carboxylic acids is 1. The maximum absolute atomic E-state index is 11.9. The van der Waals surface area contributed by atoms with Crippen molar-refractivity contribution in [3.63, 3.8) is 0 Å². The number of benzene rings is 1. The maximum atomic E-state index is 11.9. The van der Waals surface area contributed by atoms with E-state index in [0.29, 0.717) is 25.2 Å². The molecule has 1 fully saturated rings. The smallest absolute Gasteiger partial charge is 0.254 e. The second-order valence-corrected chi connectivity index (χ2v) is 4.56. The van der Waals surface area contributed by atoms with Crippen LogP contribution < -0.4 is 5.73 Å². The highest BCUT2D eigenvalue weighted by atomic mass is 16.3. The summed E-state index contributed by atoms with van der Waals surface area (Å²) in [4.78, 5) is 13.5. The summed E-state index contributed by atoms with van der Waals surface area (Å²) in [5.74, 6) is -0.0323. The van der Waals surface area contributed by atoms with Crippen molar-refractivity contribution in [3.8, 4) is 0 Å². The summed E-state index contributed by atoms with van der Waals surface area (Å²) in [7, 11) is 0. The van der Waals surface area contributed by atoms with Gasteiger partial charge in [-0.25, -0.2) is 0 Å². The topological polar surface area (TPSA) is 66.6 Å². The molecule has 2 rings (SSSR count). The van der Waals surface area contributed by atoms with Crippen LogP contribution in [0.5, 0.6) is 0 Å². The fourth-order valence-electron chi connectivity index (χ4n) is 1.89. The molecular weight excluding hydrogens is 204 g/mol. The van der Waals surface area contributed by atoms with E-state index in [-0.39, 0.29) is 5.91 Å². The normalized spacial score (nSPS) is 18.1. The van der Waals surface area contributed by atoms with Crippen molar-refractivity contribution in [1.82, 2.24) is 4.90 Å². The molecule has 0 aromatic heterocycles. The lowest BCUT2D eigenvalue weighted by Crippen LogP contribution is -2.61. The van der Waals surface area contributed by atoms with Gasteiger partial charge in [-0.1, -0.05) is 12.1 Å². The predicted octanol–water partition coefficient (Wildman–Crippen LogP) is 0.352. The van der Waals surface area contributed by atoms with Crippen LogP contribution in [0.15, 0.2) is 24.3 Å². The minimum Gasteiger partial charge on any atom is -0.386 e. The minimum absolute atomic E-state index is 0.0323. The number of hydrogen-bond acceptors (Lipinski definition) is 3. The van der Waals surface area contributed by atoms with Gasteiger partial charge in [0.2, 0.25) is 0 Å². The van der Waals surface area contributed by atoms with E-state index in [1.165, 1.54) is 0 Å². The molecule has 1 aliphatic rings. The molecule has 1 saturated heterocycles. The summed E-state index contributed by atoms with van der Waals surface area (Å²) in [6.45, 7) is 3.02. The third-order valence-corrected chi connectivity index (χ3v) is 2.79. The number of amides is 1. The first-order valence-electron chi connectivity index (χ1n) is 5.32. The van der Waals surface area contributed by atoms with Crippen LogP contribution in [0.25, 0.3) is 0 Å². The average Bonchev–Trinajstić information content (AvgIpc) is 2.25. The molecule has 86 valence electrons. The van der Waals surface area contributed by atoms with E-state index in [4.69, 9.17) is 5.73 Å². The third-order valence-electron chi connectivity index (χ3n) is 2.79. The predicted molar refractivity (Wildman–Crippen MR) is 60.9 cm³/mol. The second-order valence-electron chi connectivity index (χ2n) is 4.56. The van der Waals surface area contributed by atoms with Crippen molar-refractivity contribution in [2.45, 2.75) is 19.1 Å². The highest BCUT2D eigenvalue weighted by molar-refractivity contribution is 5.94. The zero-order valence-corrected chi connectivity index (χ0v) is 9.31. The van der Waals surface area contributed by atoms with Gasteiger partial charge in [-0.2, -0.15) is 0 Å². The van der Waals surface area contributed by atoms with Crippen molar-refractivity contribution >= 4 is 5.91 Å². The van der Waals surface area contributed by atoms with Crippen LogP contribution in [0.2, 0.25) is 0 Å². The van der Waals surface area contributed by atoms with E-state index in [9.17, 15) is 9.90 Å². The Morgan fingerprint density at radius 1 is 1.44 bits per heavy atom. The molecular formula is C12H16N2O2. The van der Waals surface area contributed by atoms with Gasteiger partial charge in [0.05, 0.1) is 18.7 Å². The standard InChI is InChI=1S/C12H16N2O2/c1-12(16)7-14(8-12)11(15)10-4-2-9(6-13)3-5-10/h2-5,16H,6-8,13H2,1H3. The van der Waals surface area contributed by atoms with E-state index >= 15 is 0 Å². The van der Waals surface area contributed by atoms with Crippen LogP contribution in [-0.2, 0) is 6.54 Å². The number of nitrogens with two attached hydrogens (primary N) is 1. The van der Waals surface area contributed by atoms with E-state index < -0.39 is 5.60 Å². The van der Waals surface area contributed by atoms with Gasteiger partial charge in [-0.05, 0) is 24.6 Å².